The number of nitrogens with one attached hydrogen (secondary N) is 2. The van der Waals surface area contributed by atoms with Gasteiger partial charge in [0.05, 0.1) is 0 Å². The van der Waals surface area contributed by atoms with E-state index in [4.69, 9.17) is 0 Å². The molecule has 2 aliphatic rings. The van der Waals surface area contributed by atoms with E-state index in [2.05, 4.69) is 44.8 Å². The molecule has 2 N–H and O–H groups in total. The first-order chi connectivity index (χ1) is 14.2. The predicted octanol–water partition coefficient (Wildman–Crippen LogP) is 4.04. The summed E-state index contributed by atoms with van der Waals surface area (Å²) < 4.78 is 28.1. The second-order valence-corrected chi connectivity index (χ2v) is 7.79. The molecule has 0 bridgehead atoms. The number of aliphatic imine (C=N–C) groups is 1. The van der Waals surface area contributed by atoms with E-state index in [1.54, 1.807) is 0 Å². The van der Waals surface area contributed by atoms with Crippen molar-refractivity contribution in [2.75, 3.05) is 24.5 Å². The van der Waals surface area contributed by atoms with Gasteiger partial charge < -0.3 is 15.5 Å². The van der Waals surface area contributed by atoms with Crippen LogP contribution in [0, 0.1) is 11.6 Å². The predicted molar refractivity (Wildman–Crippen MR) is 113 cm³/mol. The van der Waals surface area contributed by atoms with Crippen LogP contribution in [-0.2, 0) is 0 Å². The van der Waals surface area contributed by atoms with Gasteiger partial charge in [-0.25, -0.2) is 8.78 Å². The van der Waals surface area contributed by atoms with E-state index in [0.717, 1.165) is 31.9 Å². The lowest BCUT2D eigenvalue weighted by Gasteiger charge is -2.34. The van der Waals surface area contributed by atoms with Gasteiger partial charge in [-0.15, -0.1) is 0 Å². The zero-order valence-electron chi connectivity index (χ0n) is 16.7. The van der Waals surface area contributed by atoms with E-state index in [1.165, 1.54) is 23.9 Å². The third kappa shape index (κ3) is 4.69. The van der Waals surface area contributed by atoms with Crippen molar-refractivity contribution >= 4 is 11.6 Å². The minimum absolute atomic E-state index is 0.0172. The Morgan fingerprint density at radius 2 is 1.69 bits per heavy atom. The van der Waals surface area contributed by atoms with Gasteiger partial charge in [-0.3, -0.25) is 4.99 Å². The van der Waals surface area contributed by atoms with Gasteiger partial charge in [0.15, 0.2) is 5.96 Å². The van der Waals surface area contributed by atoms with Gasteiger partial charge >= 0.3 is 0 Å². The largest absolute Gasteiger partial charge is 0.371 e. The van der Waals surface area contributed by atoms with E-state index in [0.29, 0.717) is 19.0 Å². The molecule has 1 aliphatic carbocycles. The zero-order valence-corrected chi connectivity index (χ0v) is 16.7. The number of halogens is 2. The van der Waals surface area contributed by atoms with Crippen molar-refractivity contribution in [1.29, 1.82) is 0 Å². The van der Waals surface area contributed by atoms with Crippen LogP contribution >= 0.6 is 0 Å². The number of piperidine rings is 1. The van der Waals surface area contributed by atoms with Gasteiger partial charge in [-0.05, 0) is 50.5 Å². The van der Waals surface area contributed by atoms with Gasteiger partial charge in [0.2, 0.25) is 0 Å². The van der Waals surface area contributed by atoms with Crippen LogP contribution in [0.25, 0.3) is 0 Å². The average molecular weight is 399 g/mol. The van der Waals surface area contributed by atoms with Crippen LogP contribution in [0.1, 0.15) is 37.7 Å². The number of hydrogen-bond acceptors (Lipinski definition) is 2. The molecule has 6 heteroatoms. The summed E-state index contributed by atoms with van der Waals surface area (Å²) in [6.07, 6.45) is 2.76. The summed E-state index contributed by atoms with van der Waals surface area (Å²) in [6.45, 7) is 4.63. The summed E-state index contributed by atoms with van der Waals surface area (Å²) in [4.78, 5) is 6.94. The van der Waals surface area contributed by atoms with Crippen LogP contribution in [0.2, 0.25) is 0 Å². The maximum absolute atomic E-state index is 14.0. The van der Waals surface area contributed by atoms with E-state index in [-0.39, 0.29) is 17.5 Å². The molecule has 0 aromatic heterocycles. The molecule has 1 aliphatic heterocycles. The first kappa shape index (κ1) is 19.7. The van der Waals surface area contributed by atoms with Gasteiger partial charge in [0.1, 0.15) is 11.6 Å². The molecule has 4 nitrogen and oxygen atoms in total. The number of anilines is 1. The lowest BCUT2D eigenvalue weighted by molar-refractivity contribution is 0.460. The molecule has 2 aromatic carbocycles. The summed E-state index contributed by atoms with van der Waals surface area (Å²) in [5.41, 5.74) is 1.45. The number of hydrogen-bond donors (Lipinski definition) is 2. The van der Waals surface area contributed by atoms with Crippen LogP contribution in [0.15, 0.2) is 53.5 Å². The number of rotatable bonds is 5. The monoisotopic (exact) mass is 398 g/mol. The minimum Gasteiger partial charge on any atom is -0.371 e. The van der Waals surface area contributed by atoms with Crippen molar-refractivity contribution in [2.45, 2.75) is 44.2 Å². The molecule has 29 heavy (non-hydrogen) atoms. The van der Waals surface area contributed by atoms with Gasteiger partial charge in [-0.1, -0.05) is 24.3 Å². The summed E-state index contributed by atoms with van der Waals surface area (Å²) >= 11 is 0. The molecule has 1 heterocycles. The van der Waals surface area contributed by atoms with E-state index >= 15 is 0 Å². The van der Waals surface area contributed by atoms with E-state index in [1.807, 2.05) is 13.0 Å². The lowest BCUT2D eigenvalue weighted by Crippen LogP contribution is -2.49. The molecule has 2 atom stereocenters. The maximum atomic E-state index is 14.0. The Bertz CT molecular complexity index is 827. The standard InChI is InChI=1S/C23H28F2N4/c1-2-26-23(28-21-15-18(21)22-19(24)9-6-10-20(22)25)27-16-11-13-29(14-12-16)17-7-4-3-5-8-17/h3-10,16,18,21H,2,11-15H2,1H3,(H2,26,27,28). The molecular weight excluding hydrogens is 370 g/mol. The smallest absolute Gasteiger partial charge is 0.191 e. The summed E-state index contributed by atoms with van der Waals surface area (Å²) in [7, 11) is 0. The van der Waals surface area contributed by atoms with E-state index in [9.17, 15) is 8.78 Å². The molecule has 1 saturated heterocycles. The second-order valence-electron chi connectivity index (χ2n) is 7.79. The highest BCUT2D eigenvalue weighted by Crippen LogP contribution is 2.43. The average Bonchev–Trinajstić information content (AvgIpc) is 3.48. The topological polar surface area (TPSA) is 39.7 Å². The fourth-order valence-electron chi connectivity index (χ4n) is 4.12. The van der Waals surface area contributed by atoms with Crippen molar-refractivity contribution in [3.05, 3.63) is 65.7 Å². The molecule has 2 fully saturated rings. The number of guanidine groups is 1. The second kappa shape index (κ2) is 8.80. The molecule has 154 valence electrons. The summed E-state index contributed by atoms with van der Waals surface area (Å²) in [5, 5.41) is 6.90. The fourth-order valence-corrected chi connectivity index (χ4v) is 4.12. The van der Waals surface area contributed by atoms with Crippen LogP contribution < -0.4 is 15.5 Å². The third-order valence-corrected chi connectivity index (χ3v) is 5.76. The molecule has 1 saturated carbocycles. The number of benzene rings is 2. The number of nitrogens with zero attached hydrogens (tertiary/aromatic N) is 2. The first-order valence-corrected chi connectivity index (χ1v) is 10.5. The van der Waals surface area contributed by atoms with Gasteiger partial charge in [-0.2, -0.15) is 0 Å². The Labute approximate surface area is 171 Å². The van der Waals surface area contributed by atoms with Crippen molar-refractivity contribution in [2.24, 2.45) is 4.99 Å². The number of para-hydroxylation sites is 1. The zero-order chi connectivity index (χ0) is 20.2. The van der Waals surface area contributed by atoms with Crippen molar-refractivity contribution in [3.63, 3.8) is 0 Å². The quantitative estimate of drug-likeness (QED) is 0.590. The van der Waals surface area contributed by atoms with E-state index < -0.39 is 11.6 Å². The SMILES string of the molecule is CCN=C(NC1CCN(c2ccccc2)CC1)NC1CC1c1c(F)cccc1F. The van der Waals surface area contributed by atoms with Crippen LogP contribution in [0.4, 0.5) is 14.5 Å². The van der Waals surface area contributed by atoms with Crippen LogP contribution in [-0.4, -0.2) is 37.7 Å². The van der Waals surface area contributed by atoms with Crippen LogP contribution in [0.5, 0.6) is 0 Å². The Kier molecular flexibility index (Phi) is 5.97. The fraction of sp³-hybridized carbons (Fsp3) is 0.435. The van der Waals surface area contributed by atoms with Crippen LogP contribution in [0.3, 0.4) is 0 Å². The van der Waals surface area contributed by atoms with Gasteiger partial charge in [0.25, 0.3) is 0 Å². The minimum atomic E-state index is -0.463. The Hall–Kier alpha value is -2.63. The third-order valence-electron chi connectivity index (χ3n) is 5.76. The molecule has 0 spiro atoms. The molecule has 2 unspecified atom stereocenters. The van der Waals surface area contributed by atoms with Crippen molar-refractivity contribution < 1.29 is 8.78 Å². The Morgan fingerprint density at radius 1 is 1.00 bits per heavy atom. The molecule has 0 amide bonds. The summed E-state index contributed by atoms with van der Waals surface area (Å²) in [5.74, 6) is -0.320. The lowest BCUT2D eigenvalue weighted by atomic mass is 10.0. The first-order valence-electron chi connectivity index (χ1n) is 10.5. The molecule has 4 rings (SSSR count). The highest BCUT2D eigenvalue weighted by molar-refractivity contribution is 5.81. The Balaban J connectivity index is 1.31. The maximum Gasteiger partial charge on any atom is 0.191 e. The van der Waals surface area contributed by atoms with Gasteiger partial charge in [0, 0.05) is 48.9 Å². The normalized spacial score (nSPS) is 22.4. The Morgan fingerprint density at radius 3 is 2.34 bits per heavy atom. The summed E-state index contributed by atoms with van der Waals surface area (Å²) in [6, 6.07) is 14.9. The van der Waals surface area contributed by atoms with Crippen molar-refractivity contribution in [1.82, 2.24) is 10.6 Å². The van der Waals surface area contributed by atoms with Crippen molar-refractivity contribution in [3.8, 4) is 0 Å². The molecule has 2 aromatic rings. The highest BCUT2D eigenvalue weighted by Gasteiger charge is 2.42. The molecule has 0 radical (unpaired) electrons. The highest BCUT2D eigenvalue weighted by atomic mass is 19.1. The molecular formula is C23H28F2N4.